The fraction of sp³-hybridized carbons (Fsp3) is 0.143. The second-order valence-electron chi connectivity index (χ2n) is 6.58. The van der Waals surface area contributed by atoms with Gasteiger partial charge in [-0.05, 0) is 38.1 Å². The van der Waals surface area contributed by atoms with Crippen LogP contribution in [-0.2, 0) is 0 Å². The molecule has 0 atom stereocenters. The van der Waals surface area contributed by atoms with Crippen LogP contribution in [-0.4, -0.2) is 20.7 Å². The predicted molar refractivity (Wildman–Crippen MR) is 106 cm³/mol. The number of anilines is 1. The summed E-state index contributed by atoms with van der Waals surface area (Å²) >= 11 is 0. The molecule has 0 radical (unpaired) electrons. The van der Waals surface area contributed by atoms with Crippen LogP contribution in [0.25, 0.3) is 21.7 Å². The minimum atomic E-state index is -0.400. The average Bonchev–Trinajstić information content (AvgIpc) is 2.68. The maximum atomic E-state index is 12.9. The van der Waals surface area contributed by atoms with Gasteiger partial charge in [0.1, 0.15) is 5.82 Å². The van der Waals surface area contributed by atoms with Crippen molar-refractivity contribution in [3.63, 3.8) is 0 Å². The Labute approximate surface area is 155 Å². The van der Waals surface area contributed by atoms with Crippen LogP contribution < -0.4 is 10.9 Å². The summed E-state index contributed by atoms with van der Waals surface area (Å²) in [5, 5.41) is 9.11. The summed E-state index contributed by atoms with van der Waals surface area (Å²) in [6.07, 6.45) is 0. The Morgan fingerprint density at radius 2 is 1.67 bits per heavy atom. The minimum Gasteiger partial charge on any atom is -0.305 e. The van der Waals surface area contributed by atoms with E-state index in [1.807, 2.05) is 44.2 Å². The Morgan fingerprint density at radius 3 is 2.44 bits per heavy atom. The molecule has 0 aliphatic carbocycles. The lowest BCUT2D eigenvalue weighted by molar-refractivity contribution is 0.102. The summed E-state index contributed by atoms with van der Waals surface area (Å²) in [6, 6.07) is 18.2. The highest BCUT2D eigenvalue weighted by molar-refractivity contribution is 6.11. The van der Waals surface area contributed by atoms with E-state index < -0.39 is 5.91 Å². The van der Waals surface area contributed by atoms with Crippen molar-refractivity contribution >= 4 is 33.4 Å². The van der Waals surface area contributed by atoms with Gasteiger partial charge in [0.2, 0.25) is 0 Å². The van der Waals surface area contributed by atoms with Gasteiger partial charge >= 0.3 is 0 Å². The highest BCUT2D eigenvalue weighted by Gasteiger charge is 2.18. The standard InChI is InChI=1S/C21H18N4O2/c1-13(2)25-21(27)16-9-5-4-8-15(16)19(24-25)20(26)23-18-12-11-14-7-3-6-10-17(14)22-18/h3-13H,1-2H3,(H,22,23,26). The SMILES string of the molecule is CC(C)n1nc(C(=O)Nc2ccc3ccccc3n2)c2ccccc2c1=O. The largest absolute Gasteiger partial charge is 0.305 e. The molecule has 4 aromatic rings. The first-order valence-electron chi connectivity index (χ1n) is 8.73. The molecule has 27 heavy (non-hydrogen) atoms. The number of benzene rings is 2. The van der Waals surface area contributed by atoms with Gasteiger partial charge < -0.3 is 5.32 Å². The lowest BCUT2D eigenvalue weighted by Gasteiger charge is -2.13. The third-order valence-electron chi connectivity index (χ3n) is 4.37. The van der Waals surface area contributed by atoms with Crippen molar-refractivity contribution in [3.8, 4) is 0 Å². The number of fused-ring (bicyclic) bond motifs is 2. The van der Waals surface area contributed by atoms with Crippen molar-refractivity contribution in [2.24, 2.45) is 0 Å². The van der Waals surface area contributed by atoms with Crippen LogP contribution in [0.2, 0.25) is 0 Å². The minimum absolute atomic E-state index is 0.160. The van der Waals surface area contributed by atoms with Crippen molar-refractivity contribution in [1.82, 2.24) is 14.8 Å². The Balaban J connectivity index is 1.79. The summed E-state index contributed by atoms with van der Waals surface area (Å²) in [7, 11) is 0. The molecular weight excluding hydrogens is 340 g/mol. The van der Waals surface area contributed by atoms with E-state index >= 15 is 0 Å². The highest BCUT2D eigenvalue weighted by atomic mass is 16.2. The maximum absolute atomic E-state index is 12.9. The normalized spacial score (nSPS) is 11.2. The van der Waals surface area contributed by atoms with Gasteiger partial charge in [0, 0.05) is 10.8 Å². The van der Waals surface area contributed by atoms with Crippen LogP contribution >= 0.6 is 0 Å². The van der Waals surface area contributed by atoms with Crippen LogP contribution in [0.4, 0.5) is 5.82 Å². The van der Waals surface area contributed by atoms with E-state index in [-0.39, 0.29) is 17.3 Å². The molecule has 6 nitrogen and oxygen atoms in total. The molecule has 0 bridgehead atoms. The van der Waals surface area contributed by atoms with Crippen LogP contribution in [0.5, 0.6) is 0 Å². The third-order valence-corrected chi connectivity index (χ3v) is 4.37. The van der Waals surface area contributed by atoms with Gasteiger partial charge in [0.25, 0.3) is 11.5 Å². The van der Waals surface area contributed by atoms with E-state index in [2.05, 4.69) is 15.4 Å². The van der Waals surface area contributed by atoms with Gasteiger partial charge in [-0.1, -0.05) is 36.4 Å². The maximum Gasteiger partial charge on any atom is 0.277 e. The summed E-state index contributed by atoms with van der Waals surface area (Å²) in [5.74, 6) is 0.0373. The number of para-hydroxylation sites is 1. The molecule has 1 N–H and O–H groups in total. The van der Waals surface area contributed by atoms with Gasteiger partial charge in [-0.2, -0.15) is 5.10 Å². The number of pyridine rings is 1. The van der Waals surface area contributed by atoms with E-state index in [1.165, 1.54) is 4.68 Å². The molecule has 6 heteroatoms. The molecular formula is C21H18N4O2. The number of amides is 1. The smallest absolute Gasteiger partial charge is 0.277 e. The average molecular weight is 358 g/mol. The van der Waals surface area contributed by atoms with Crippen LogP contribution in [0.3, 0.4) is 0 Å². The van der Waals surface area contributed by atoms with Crippen LogP contribution in [0.15, 0.2) is 65.5 Å². The first-order chi connectivity index (χ1) is 13.0. The first-order valence-corrected chi connectivity index (χ1v) is 8.73. The number of carbonyl (C=O) groups excluding carboxylic acids is 1. The van der Waals surface area contributed by atoms with E-state index in [0.29, 0.717) is 16.6 Å². The van der Waals surface area contributed by atoms with E-state index in [0.717, 1.165) is 10.9 Å². The van der Waals surface area contributed by atoms with Gasteiger partial charge in [-0.15, -0.1) is 0 Å². The van der Waals surface area contributed by atoms with Crippen molar-refractivity contribution in [2.45, 2.75) is 19.9 Å². The predicted octanol–water partition coefficient (Wildman–Crippen LogP) is 3.78. The molecule has 4 rings (SSSR count). The summed E-state index contributed by atoms with van der Waals surface area (Å²) in [5.41, 5.74) is 0.787. The second-order valence-corrected chi connectivity index (χ2v) is 6.58. The highest BCUT2D eigenvalue weighted by Crippen LogP contribution is 2.18. The number of hydrogen-bond acceptors (Lipinski definition) is 4. The van der Waals surface area contributed by atoms with E-state index in [1.54, 1.807) is 30.3 Å². The van der Waals surface area contributed by atoms with Crippen molar-refractivity contribution < 1.29 is 4.79 Å². The topological polar surface area (TPSA) is 76.9 Å². The molecule has 0 aliphatic heterocycles. The Hall–Kier alpha value is -3.54. The van der Waals surface area contributed by atoms with Crippen molar-refractivity contribution in [2.75, 3.05) is 5.32 Å². The summed E-state index contributed by atoms with van der Waals surface area (Å²) in [6.45, 7) is 3.71. The Bertz CT molecular complexity index is 1230. The number of nitrogens with zero attached hydrogens (tertiary/aromatic N) is 3. The molecule has 0 saturated heterocycles. The van der Waals surface area contributed by atoms with Gasteiger partial charge in [0.05, 0.1) is 16.9 Å². The molecule has 0 unspecified atom stereocenters. The Kier molecular flexibility index (Phi) is 4.16. The number of carbonyl (C=O) groups is 1. The summed E-state index contributed by atoms with van der Waals surface area (Å²) < 4.78 is 1.34. The summed E-state index contributed by atoms with van der Waals surface area (Å²) in [4.78, 5) is 30.0. The zero-order chi connectivity index (χ0) is 19.0. The zero-order valence-electron chi connectivity index (χ0n) is 15.0. The van der Waals surface area contributed by atoms with Crippen LogP contribution in [0.1, 0.15) is 30.4 Å². The number of aromatic nitrogens is 3. The monoisotopic (exact) mass is 358 g/mol. The van der Waals surface area contributed by atoms with E-state index in [9.17, 15) is 9.59 Å². The number of nitrogens with one attached hydrogen (secondary N) is 1. The first kappa shape index (κ1) is 16.9. The molecule has 0 spiro atoms. The fourth-order valence-electron chi connectivity index (χ4n) is 3.04. The Morgan fingerprint density at radius 1 is 0.963 bits per heavy atom. The molecule has 2 heterocycles. The third kappa shape index (κ3) is 3.06. The second kappa shape index (κ2) is 6.64. The molecule has 1 amide bonds. The molecule has 0 saturated carbocycles. The quantitative estimate of drug-likeness (QED) is 0.605. The zero-order valence-corrected chi connectivity index (χ0v) is 15.0. The number of rotatable bonds is 3. The molecule has 2 aromatic carbocycles. The van der Waals surface area contributed by atoms with Gasteiger partial charge in [-0.3, -0.25) is 9.59 Å². The lowest BCUT2D eigenvalue weighted by Crippen LogP contribution is -2.29. The number of hydrogen-bond donors (Lipinski definition) is 1. The van der Waals surface area contributed by atoms with Gasteiger partial charge in [-0.25, -0.2) is 9.67 Å². The van der Waals surface area contributed by atoms with Crippen molar-refractivity contribution in [1.29, 1.82) is 0 Å². The van der Waals surface area contributed by atoms with E-state index in [4.69, 9.17) is 0 Å². The lowest BCUT2D eigenvalue weighted by atomic mass is 10.1. The molecule has 0 aliphatic rings. The fourth-order valence-corrected chi connectivity index (χ4v) is 3.04. The molecule has 2 aromatic heterocycles. The van der Waals surface area contributed by atoms with Crippen LogP contribution in [0, 0.1) is 0 Å². The molecule has 134 valence electrons. The van der Waals surface area contributed by atoms with Gasteiger partial charge in [0.15, 0.2) is 5.69 Å². The molecule has 0 fully saturated rings. The van der Waals surface area contributed by atoms with Crippen molar-refractivity contribution in [3.05, 3.63) is 76.7 Å².